The number of rotatable bonds is 5. The first-order valence-electron chi connectivity index (χ1n) is 5.12. The second-order valence-electron chi connectivity index (χ2n) is 3.37. The predicted octanol–water partition coefficient (Wildman–Crippen LogP) is 1.63. The lowest BCUT2D eigenvalue weighted by atomic mass is 10.2. The van der Waals surface area contributed by atoms with Crippen molar-refractivity contribution < 1.29 is 9.47 Å². The molecule has 0 aliphatic heterocycles. The van der Waals surface area contributed by atoms with E-state index in [1.165, 1.54) is 0 Å². The monoisotopic (exact) mass is 221 g/mol. The van der Waals surface area contributed by atoms with E-state index in [0.717, 1.165) is 22.5 Å². The molecule has 0 amide bonds. The molecule has 2 rings (SSSR count). The van der Waals surface area contributed by atoms with E-state index in [1.54, 1.807) is 7.11 Å². The summed E-state index contributed by atoms with van der Waals surface area (Å²) in [5.41, 5.74) is 0.989. The Bertz CT molecular complexity index is 467. The Labute approximate surface area is 93.7 Å². The number of ether oxygens (including phenoxy) is 2. The number of methoxy groups -OCH3 is 1. The van der Waals surface area contributed by atoms with Crippen LogP contribution in [0.25, 0.3) is 10.9 Å². The maximum Gasteiger partial charge on any atom is 0.155 e. The molecule has 0 radical (unpaired) electrons. The molecule has 5 nitrogen and oxygen atoms in total. The molecule has 0 fully saturated rings. The number of hydrogen-bond donors (Lipinski definition) is 2. The van der Waals surface area contributed by atoms with Crippen LogP contribution >= 0.6 is 0 Å². The number of fused-ring (bicyclic) bond motifs is 1. The van der Waals surface area contributed by atoms with Crippen LogP contribution in [-0.4, -0.2) is 37.6 Å². The van der Waals surface area contributed by atoms with E-state index < -0.39 is 0 Å². The van der Waals surface area contributed by atoms with Gasteiger partial charge < -0.3 is 14.8 Å². The number of hydrogen-bond acceptors (Lipinski definition) is 4. The summed E-state index contributed by atoms with van der Waals surface area (Å²) in [5, 5.41) is 11.1. The molecule has 1 aromatic heterocycles. The number of benzene rings is 1. The summed E-state index contributed by atoms with van der Waals surface area (Å²) in [6.07, 6.45) is 0. The first-order valence-corrected chi connectivity index (χ1v) is 5.12. The van der Waals surface area contributed by atoms with E-state index in [4.69, 9.17) is 9.47 Å². The van der Waals surface area contributed by atoms with E-state index in [1.807, 2.05) is 25.2 Å². The Kier molecular flexibility index (Phi) is 3.26. The van der Waals surface area contributed by atoms with Gasteiger partial charge >= 0.3 is 0 Å². The number of H-pyrrole nitrogens is 1. The van der Waals surface area contributed by atoms with Gasteiger partial charge in [0.1, 0.15) is 12.4 Å². The second-order valence-corrected chi connectivity index (χ2v) is 3.37. The SMILES string of the molecule is CNc1n[nH]c2ccc(OCCOC)cc12. The molecule has 16 heavy (non-hydrogen) atoms. The lowest BCUT2D eigenvalue weighted by molar-refractivity contribution is 0.146. The summed E-state index contributed by atoms with van der Waals surface area (Å²) < 4.78 is 10.5. The van der Waals surface area contributed by atoms with Crippen molar-refractivity contribution in [1.29, 1.82) is 0 Å². The Morgan fingerprint density at radius 1 is 1.38 bits per heavy atom. The molecule has 5 heteroatoms. The third-order valence-electron chi connectivity index (χ3n) is 2.33. The van der Waals surface area contributed by atoms with E-state index in [0.29, 0.717) is 13.2 Å². The van der Waals surface area contributed by atoms with Crippen LogP contribution in [0.5, 0.6) is 5.75 Å². The summed E-state index contributed by atoms with van der Waals surface area (Å²) in [4.78, 5) is 0. The normalized spacial score (nSPS) is 10.6. The smallest absolute Gasteiger partial charge is 0.155 e. The second kappa shape index (κ2) is 4.85. The van der Waals surface area contributed by atoms with Crippen molar-refractivity contribution in [1.82, 2.24) is 10.2 Å². The fraction of sp³-hybridized carbons (Fsp3) is 0.364. The zero-order chi connectivity index (χ0) is 11.4. The highest BCUT2D eigenvalue weighted by Crippen LogP contribution is 2.24. The highest BCUT2D eigenvalue weighted by Gasteiger charge is 2.04. The molecule has 86 valence electrons. The fourth-order valence-electron chi connectivity index (χ4n) is 1.52. The van der Waals surface area contributed by atoms with Gasteiger partial charge in [-0.3, -0.25) is 5.10 Å². The van der Waals surface area contributed by atoms with E-state index >= 15 is 0 Å². The van der Waals surface area contributed by atoms with Gasteiger partial charge in [-0.15, -0.1) is 0 Å². The summed E-state index contributed by atoms with van der Waals surface area (Å²) in [6.45, 7) is 1.14. The highest BCUT2D eigenvalue weighted by molar-refractivity contribution is 5.90. The number of nitrogens with zero attached hydrogens (tertiary/aromatic N) is 1. The van der Waals surface area contributed by atoms with Crippen LogP contribution in [-0.2, 0) is 4.74 Å². The standard InChI is InChI=1S/C11H15N3O2/c1-12-11-9-7-8(16-6-5-15-2)3-4-10(9)13-14-11/h3-4,7H,5-6H2,1-2H3,(H2,12,13,14). The average molecular weight is 221 g/mol. The van der Waals surface area contributed by atoms with Crippen LogP contribution < -0.4 is 10.1 Å². The van der Waals surface area contributed by atoms with Crippen molar-refractivity contribution in [3.63, 3.8) is 0 Å². The third-order valence-corrected chi connectivity index (χ3v) is 2.33. The Balaban J connectivity index is 2.20. The summed E-state index contributed by atoms with van der Waals surface area (Å²) in [6, 6.07) is 5.82. The minimum atomic E-state index is 0.550. The molecule has 0 saturated heterocycles. The molecular weight excluding hydrogens is 206 g/mol. The highest BCUT2D eigenvalue weighted by atomic mass is 16.5. The minimum Gasteiger partial charge on any atom is -0.491 e. The molecule has 0 aliphatic carbocycles. The van der Waals surface area contributed by atoms with Crippen LogP contribution in [0.2, 0.25) is 0 Å². The van der Waals surface area contributed by atoms with Crippen molar-refractivity contribution in [2.45, 2.75) is 0 Å². The van der Waals surface area contributed by atoms with Gasteiger partial charge in [-0.25, -0.2) is 0 Å². The maximum atomic E-state index is 5.53. The van der Waals surface area contributed by atoms with E-state index in [-0.39, 0.29) is 0 Å². The summed E-state index contributed by atoms with van der Waals surface area (Å²) in [7, 11) is 3.50. The molecule has 0 saturated carbocycles. The van der Waals surface area contributed by atoms with Gasteiger partial charge in [-0.1, -0.05) is 0 Å². The Hall–Kier alpha value is -1.75. The van der Waals surface area contributed by atoms with Crippen molar-refractivity contribution in [2.24, 2.45) is 0 Å². The van der Waals surface area contributed by atoms with Gasteiger partial charge in [0, 0.05) is 19.5 Å². The topological polar surface area (TPSA) is 59.2 Å². The number of aromatic nitrogens is 2. The first-order chi connectivity index (χ1) is 7.85. The number of aromatic amines is 1. The van der Waals surface area contributed by atoms with Gasteiger partial charge in [-0.05, 0) is 18.2 Å². The zero-order valence-electron chi connectivity index (χ0n) is 9.41. The van der Waals surface area contributed by atoms with E-state index in [9.17, 15) is 0 Å². The molecule has 1 heterocycles. The molecule has 0 aliphatic rings. The molecule has 0 atom stereocenters. The molecule has 2 aromatic rings. The molecule has 2 N–H and O–H groups in total. The van der Waals surface area contributed by atoms with Crippen molar-refractivity contribution in [3.8, 4) is 5.75 Å². The minimum absolute atomic E-state index is 0.550. The molecule has 0 unspecified atom stereocenters. The first kappa shape index (κ1) is 10.8. The number of anilines is 1. The van der Waals surface area contributed by atoms with Gasteiger partial charge in [0.05, 0.1) is 12.1 Å². The van der Waals surface area contributed by atoms with Crippen LogP contribution in [0.1, 0.15) is 0 Å². The lowest BCUT2D eigenvalue weighted by Crippen LogP contribution is -2.03. The van der Waals surface area contributed by atoms with Gasteiger partial charge in [0.15, 0.2) is 5.82 Å². The predicted molar refractivity (Wildman–Crippen MR) is 63.0 cm³/mol. The van der Waals surface area contributed by atoms with Crippen LogP contribution in [0.15, 0.2) is 18.2 Å². The molecule has 1 aromatic carbocycles. The van der Waals surface area contributed by atoms with Gasteiger partial charge in [0.2, 0.25) is 0 Å². The summed E-state index contributed by atoms with van der Waals surface area (Å²) in [5.74, 6) is 1.65. The maximum absolute atomic E-state index is 5.53. The average Bonchev–Trinajstić information content (AvgIpc) is 2.71. The van der Waals surface area contributed by atoms with Gasteiger partial charge in [0.25, 0.3) is 0 Å². The van der Waals surface area contributed by atoms with Crippen molar-refractivity contribution in [3.05, 3.63) is 18.2 Å². The quantitative estimate of drug-likeness (QED) is 0.753. The van der Waals surface area contributed by atoms with Gasteiger partial charge in [-0.2, -0.15) is 5.10 Å². The third kappa shape index (κ3) is 2.09. The zero-order valence-corrected chi connectivity index (χ0v) is 9.41. The Morgan fingerprint density at radius 3 is 3.00 bits per heavy atom. The van der Waals surface area contributed by atoms with Crippen molar-refractivity contribution >= 4 is 16.7 Å². The van der Waals surface area contributed by atoms with Crippen LogP contribution in [0.3, 0.4) is 0 Å². The molecule has 0 bridgehead atoms. The lowest BCUT2D eigenvalue weighted by Gasteiger charge is -2.05. The molecule has 0 spiro atoms. The van der Waals surface area contributed by atoms with Crippen LogP contribution in [0, 0.1) is 0 Å². The summed E-state index contributed by atoms with van der Waals surface area (Å²) >= 11 is 0. The molecular formula is C11H15N3O2. The van der Waals surface area contributed by atoms with Crippen LogP contribution in [0.4, 0.5) is 5.82 Å². The van der Waals surface area contributed by atoms with Crippen molar-refractivity contribution in [2.75, 3.05) is 32.7 Å². The number of nitrogens with one attached hydrogen (secondary N) is 2. The largest absolute Gasteiger partial charge is 0.491 e. The Morgan fingerprint density at radius 2 is 2.25 bits per heavy atom. The fourth-order valence-corrected chi connectivity index (χ4v) is 1.52. The van der Waals surface area contributed by atoms with E-state index in [2.05, 4.69) is 15.5 Å².